The highest BCUT2D eigenvalue weighted by Crippen LogP contribution is 2.05. The van der Waals surface area contributed by atoms with E-state index in [0.717, 1.165) is 19.5 Å². The highest BCUT2D eigenvalue weighted by Gasteiger charge is 1.99. The van der Waals surface area contributed by atoms with Crippen LogP contribution in [0.5, 0.6) is 0 Å². The molecule has 4 nitrogen and oxygen atoms in total. The summed E-state index contributed by atoms with van der Waals surface area (Å²) in [5, 5.41) is 3.52. The standard InChI is InChI=1S/C12H18N4/c1-11-4-6-12(7-5-11)10-16(2)9-3-8-14-15-13/h4-7H,3,8-10H2,1-2H3. The third-order valence-electron chi connectivity index (χ3n) is 2.43. The van der Waals surface area contributed by atoms with E-state index in [2.05, 4.69) is 53.2 Å². The molecule has 1 aromatic carbocycles. The van der Waals surface area contributed by atoms with Gasteiger partial charge in [0, 0.05) is 18.0 Å². The Balaban J connectivity index is 2.30. The van der Waals surface area contributed by atoms with E-state index in [4.69, 9.17) is 5.53 Å². The highest BCUT2D eigenvalue weighted by atomic mass is 15.1. The van der Waals surface area contributed by atoms with Crippen molar-refractivity contribution in [3.05, 3.63) is 45.8 Å². The molecule has 0 bridgehead atoms. The minimum atomic E-state index is 0.578. The van der Waals surface area contributed by atoms with Crippen molar-refractivity contribution in [1.82, 2.24) is 4.90 Å². The Morgan fingerprint density at radius 2 is 2.00 bits per heavy atom. The van der Waals surface area contributed by atoms with E-state index < -0.39 is 0 Å². The van der Waals surface area contributed by atoms with Gasteiger partial charge in [-0.25, -0.2) is 0 Å². The number of rotatable bonds is 6. The zero-order valence-electron chi connectivity index (χ0n) is 9.93. The molecule has 0 aromatic heterocycles. The summed E-state index contributed by atoms with van der Waals surface area (Å²) in [6.45, 7) is 4.56. The number of aryl methyl sites for hydroxylation is 1. The van der Waals surface area contributed by atoms with Gasteiger partial charge in [-0.2, -0.15) is 0 Å². The summed E-state index contributed by atoms with van der Waals surface area (Å²) in [5.74, 6) is 0. The van der Waals surface area contributed by atoms with Gasteiger partial charge in [0.05, 0.1) is 0 Å². The quantitative estimate of drug-likeness (QED) is 0.313. The minimum Gasteiger partial charge on any atom is -0.302 e. The van der Waals surface area contributed by atoms with Crippen LogP contribution >= 0.6 is 0 Å². The van der Waals surface area contributed by atoms with E-state index in [1.807, 2.05) is 0 Å². The van der Waals surface area contributed by atoms with Crippen LogP contribution in [0.4, 0.5) is 0 Å². The number of hydrogen-bond donors (Lipinski definition) is 0. The molecule has 0 unspecified atom stereocenters. The average molecular weight is 218 g/mol. The lowest BCUT2D eigenvalue weighted by Gasteiger charge is -2.15. The molecule has 0 amide bonds. The Labute approximate surface area is 96.5 Å². The average Bonchev–Trinajstić information content (AvgIpc) is 2.28. The molecule has 0 aliphatic rings. The molecule has 1 rings (SSSR count). The molecular formula is C12H18N4. The number of benzene rings is 1. The van der Waals surface area contributed by atoms with Gasteiger partial charge in [0.25, 0.3) is 0 Å². The zero-order chi connectivity index (χ0) is 11.8. The van der Waals surface area contributed by atoms with Gasteiger partial charge < -0.3 is 4.90 Å². The molecule has 0 N–H and O–H groups in total. The first-order chi connectivity index (χ1) is 7.72. The fourth-order valence-corrected chi connectivity index (χ4v) is 1.54. The summed E-state index contributed by atoms with van der Waals surface area (Å²) in [6.07, 6.45) is 0.909. The molecule has 0 atom stereocenters. The van der Waals surface area contributed by atoms with Crippen molar-refractivity contribution in [2.24, 2.45) is 5.11 Å². The van der Waals surface area contributed by atoms with Crippen molar-refractivity contribution in [1.29, 1.82) is 0 Å². The van der Waals surface area contributed by atoms with Crippen LogP contribution in [0.2, 0.25) is 0 Å². The van der Waals surface area contributed by atoms with Crippen molar-refractivity contribution in [2.45, 2.75) is 19.9 Å². The van der Waals surface area contributed by atoms with Crippen LogP contribution in [0.15, 0.2) is 29.4 Å². The van der Waals surface area contributed by atoms with Crippen LogP contribution in [0.25, 0.3) is 10.4 Å². The fraction of sp³-hybridized carbons (Fsp3) is 0.500. The number of hydrogen-bond acceptors (Lipinski definition) is 2. The van der Waals surface area contributed by atoms with Crippen molar-refractivity contribution in [3.8, 4) is 0 Å². The third kappa shape index (κ3) is 4.82. The first-order valence-corrected chi connectivity index (χ1v) is 5.47. The first kappa shape index (κ1) is 12.6. The molecular weight excluding hydrogens is 200 g/mol. The van der Waals surface area contributed by atoms with E-state index in [1.165, 1.54) is 11.1 Å². The van der Waals surface area contributed by atoms with E-state index in [9.17, 15) is 0 Å². The lowest BCUT2D eigenvalue weighted by atomic mass is 10.1. The summed E-state index contributed by atoms with van der Waals surface area (Å²) < 4.78 is 0. The lowest BCUT2D eigenvalue weighted by molar-refractivity contribution is 0.324. The van der Waals surface area contributed by atoms with Crippen molar-refractivity contribution >= 4 is 0 Å². The molecule has 1 aromatic rings. The molecule has 0 aliphatic carbocycles. The molecule has 16 heavy (non-hydrogen) atoms. The Morgan fingerprint density at radius 3 is 2.62 bits per heavy atom. The van der Waals surface area contributed by atoms with E-state index in [0.29, 0.717) is 6.54 Å². The molecule has 0 saturated heterocycles. The van der Waals surface area contributed by atoms with E-state index in [1.54, 1.807) is 0 Å². The highest BCUT2D eigenvalue weighted by molar-refractivity contribution is 5.21. The maximum absolute atomic E-state index is 8.14. The molecule has 4 heteroatoms. The van der Waals surface area contributed by atoms with Crippen LogP contribution in [-0.2, 0) is 6.54 Å². The van der Waals surface area contributed by atoms with Gasteiger partial charge in [0.1, 0.15) is 0 Å². The molecule has 0 fully saturated rings. The smallest absolute Gasteiger partial charge is 0.0270 e. The Morgan fingerprint density at radius 1 is 1.31 bits per heavy atom. The van der Waals surface area contributed by atoms with Crippen LogP contribution in [0, 0.1) is 6.92 Å². The maximum atomic E-state index is 8.14. The second kappa shape index (κ2) is 6.88. The van der Waals surface area contributed by atoms with Gasteiger partial charge in [0.15, 0.2) is 0 Å². The van der Waals surface area contributed by atoms with Gasteiger partial charge >= 0.3 is 0 Å². The predicted molar refractivity (Wildman–Crippen MR) is 66.1 cm³/mol. The lowest BCUT2D eigenvalue weighted by Crippen LogP contribution is -2.19. The topological polar surface area (TPSA) is 52.0 Å². The van der Waals surface area contributed by atoms with Crippen LogP contribution in [-0.4, -0.2) is 25.0 Å². The van der Waals surface area contributed by atoms with Gasteiger partial charge in [-0.15, -0.1) is 0 Å². The van der Waals surface area contributed by atoms with Crippen LogP contribution in [0.3, 0.4) is 0 Å². The fourth-order valence-electron chi connectivity index (χ4n) is 1.54. The van der Waals surface area contributed by atoms with Gasteiger partial charge in [0.2, 0.25) is 0 Å². The largest absolute Gasteiger partial charge is 0.302 e. The monoisotopic (exact) mass is 218 g/mol. The molecule has 0 aliphatic heterocycles. The first-order valence-electron chi connectivity index (χ1n) is 5.47. The second-order valence-corrected chi connectivity index (χ2v) is 4.03. The summed E-state index contributed by atoms with van der Waals surface area (Å²) in [7, 11) is 2.08. The van der Waals surface area contributed by atoms with Gasteiger partial charge in [-0.1, -0.05) is 34.9 Å². The van der Waals surface area contributed by atoms with E-state index >= 15 is 0 Å². The normalized spacial score (nSPS) is 10.2. The predicted octanol–water partition coefficient (Wildman–Crippen LogP) is 3.13. The maximum Gasteiger partial charge on any atom is 0.0270 e. The van der Waals surface area contributed by atoms with Crippen LogP contribution < -0.4 is 0 Å². The van der Waals surface area contributed by atoms with Crippen molar-refractivity contribution < 1.29 is 0 Å². The Hall–Kier alpha value is -1.51. The summed E-state index contributed by atoms with van der Waals surface area (Å²) in [6, 6.07) is 8.56. The third-order valence-corrected chi connectivity index (χ3v) is 2.43. The summed E-state index contributed by atoms with van der Waals surface area (Å²) >= 11 is 0. The Bertz CT molecular complexity index is 352. The zero-order valence-corrected chi connectivity index (χ0v) is 9.93. The summed E-state index contributed by atoms with van der Waals surface area (Å²) in [5.41, 5.74) is 10.7. The molecule has 0 radical (unpaired) electrons. The molecule has 0 spiro atoms. The number of azide groups is 1. The minimum absolute atomic E-state index is 0.578. The van der Waals surface area contributed by atoms with E-state index in [-0.39, 0.29) is 0 Å². The van der Waals surface area contributed by atoms with Crippen molar-refractivity contribution in [3.63, 3.8) is 0 Å². The molecule has 0 saturated carbocycles. The number of nitrogens with zero attached hydrogens (tertiary/aromatic N) is 4. The second-order valence-electron chi connectivity index (χ2n) is 4.03. The molecule has 86 valence electrons. The van der Waals surface area contributed by atoms with Crippen LogP contribution in [0.1, 0.15) is 17.5 Å². The Kier molecular flexibility index (Phi) is 5.40. The van der Waals surface area contributed by atoms with Gasteiger partial charge in [-0.3, -0.25) is 0 Å². The van der Waals surface area contributed by atoms with Gasteiger partial charge in [-0.05, 0) is 38.0 Å². The molecule has 0 heterocycles. The van der Waals surface area contributed by atoms with Crippen molar-refractivity contribution in [2.75, 3.05) is 20.1 Å². The SMILES string of the molecule is Cc1ccc(CN(C)CCCN=[N+]=[N-])cc1. The summed E-state index contributed by atoms with van der Waals surface area (Å²) in [4.78, 5) is 4.97.